The van der Waals surface area contributed by atoms with E-state index in [-0.39, 0.29) is 17.5 Å². The van der Waals surface area contributed by atoms with Gasteiger partial charge in [-0.1, -0.05) is 17.3 Å². The Morgan fingerprint density at radius 2 is 2.04 bits per heavy atom. The van der Waals surface area contributed by atoms with Crippen LogP contribution in [0.2, 0.25) is 0 Å². The summed E-state index contributed by atoms with van der Waals surface area (Å²) < 4.78 is 18.4. The molecule has 1 aliphatic heterocycles. The van der Waals surface area contributed by atoms with Gasteiger partial charge in [0.2, 0.25) is 11.8 Å². The number of aromatic nitrogens is 2. The van der Waals surface area contributed by atoms with Crippen molar-refractivity contribution in [2.75, 3.05) is 7.05 Å². The molecule has 1 aromatic carbocycles. The second-order valence-corrected chi connectivity index (χ2v) is 5.06. The van der Waals surface area contributed by atoms with E-state index >= 15 is 0 Å². The first-order valence-electron chi connectivity index (χ1n) is 6.81. The van der Waals surface area contributed by atoms with Gasteiger partial charge in [-0.25, -0.2) is 4.39 Å². The van der Waals surface area contributed by atoms with Crippen molar-refractivity contribution >= 4 is 12.2 Å². The fraction of sp³-hybridized carbons (Fsp3) is 0.286. The number of benzene rings is 1. The summed E-state index contributed by atoms with van der Waals surface area (Å²) in [4.78, 5) is 5.49. The standard InChI is InChI=1S/C14H14FN5O3/c1-20-7-16-11(12(21)13(20)19-22)14-18-17-10(23-14)6-8-2-4-9(15)5-3-8/h2-5,7,11-12,21-22H,6H2,1H3/b19-13-. The molecule has 2 N–H and O–H groups in total. The third-order valence-corrected chi connectivity index (χ3v) is 3.43. The van der Waals surface area contributed by atoms with E-state index in [4.69, 9.17) is 9.62 Å². The van der Waals surface area contributed by atoms with Crippen LogP contribution >= 0.6 is 0 Å². The van der Waals surface area contributed by atoms with Crippen LogP contribution in [0.3, 0.4) is 0 Å². The van der Waals surface area contributed by atoms with E-state index in [1.54, 1.807) is 19.2 Å². The molecule has 3 rings (SSSR count). The predicted molar refractivity (Wildman–Crippen MR) is 77.7 cm³/mol. The Kier molecular flexibility index (Phi) is 4.02. The van der Waals surface area contributed by atoms with Gasteiger partial charge in [0.25, 0.3) is 0 Å². The Balaban J connectivity index is 1.79. The van der Waals surface area contributed by atoms with Crippen LogP contribution in [-0.2, 0) is 6.42 Å². The van der Waals surface area contributed by atoms with Gasteiger partial charge in [0.15, 0.2) is 11.9 Å². The molecule has 0 fully saturated rings. The van der Waals surface area contributed by atoms with E-state index in [9.17, 15) is 9.50 Å². The van der Waals surface area contributed by atoms with Crippen molar-refractivity contribution in [2.45, 2.75) is 18.6 Å². The number of aliphatic imine (C=N–C) groups is 1. The maximum absolute atomic E-state index is 12.9. The Labute approximate surface area is 130 Å². The van der Waals surface area contributed by atoms with Crippen LogP contribution in [0.25, 0.3) is 0 Å². The maximum atomic E-state index is 12.9. The van der Waals surface area contributed by atoms with Crippen LogP contribution in [-0.4, -0.2) is 50.7 Å². The van der Waals surface area contributed by atoms with Gasteiger partial charge in [0.05, 0.1) is 12.8 Å². The van der Waals surface area contributed by atoms with Crippen molar-refractivity contribution < 1.29 is 19.1 Å². The lowest BCUT2D eigenvalue weighted by molar-refractivity contribution is 0.171. The minimum atomic E-state index is -1.20. The van der Waals surface area contributed by atoms with Crippen LogP contribution in [0.5, 0.6) is 0 Å². The van der Waals surface area contributed by atoms with Gasteiger partial charge >= 0.3 is 0 Å². The van der Waals surface area contributed by atoms with Crippen LogP contribution in [0, 0.1) is 5.82 Å². The summed E-state index contributed by atoms with van der Waals surface area (Å²) in [5.74, 6) is 0.137. The summed E-state index contributed by atoms with van der Waals surface area (Å²) in [6, 6.07) is 5.10. The summed E-state index contributed by atoms with van der Waals surface area (Å²) in [5, 5.41) is 29.9. The zero-order valence-electron chi connectivity index (χ0n) is 12.2. The lowest BCUT2D eigenvalue weighted by atomic mass is 10.1. The molecule has 23 heavy (non-hydrogen) atoms. The maximum Gasteiger partial charge on any atom is 0.244 e. The minimum absolute atomic E-state index is 0.0308. The van der Waals surface area contributed by atoms with Crippen molar-refractivity contribution in [3.8, 4) is 0 Å². The average Bonchev–Trinajstić information content (AvgIpc) is 2.98. The first-order chi connectivity index (χ1) is 11.1. The SMILES string of the molecule is CN1C=NC(c2nnc(Cc3ccc(F)cc3)o2)C(O)/C1=N/O. The molecule has 2 unspecified atom stereocenters. The topological polar surface area (TPSA) is 107 Å². The number of hydrogen-bond donors (Lipinski definition) is 2. The van der Waals surface area contributed by atoms with E-state index in [0.29, 0.717) is 12.3 Å². The summed E-state index contributed by atoms with van der Waals surface area (Å²) in [7, 11) is 1.59. The molecule has 0 saturated heterocycles. The highest BCUT2D eigenvalue weighted by Gasteiger charge is 2.35. The predicted octanol–water partition coefficient (Wildman–Crippen LogP) is 0.963. The fourth-order valence-electron chi connectivity index (χ4n) is 2.23. The summed E-state index contributed by atoms with van der Waals surface area (Å²) in [6.07, 6.45) is 0.533. The van der Waals surface area contributed by atoms with Crippen molar-refractivity contribution in [3.63, 3.8) is 0 Å². The summed E-state index contributed by atoms with van der Waals surface area (Å²) in [5.41, 5.74) is 0.812. The quantitative estimate of drug-likeness (QED) is 0.644. The first kappa shape index (κ1) is 15.1. The van der Waals surface area contributed by atoms with E-state index in [0.717, 1.165) is 5.56 Å². The highest BCUT2D eigenvalue weighted by Crippen LogP contribution is 2.25. The van der Waals surface area contributed by atoms with Gasteiger partial charge in [-0.2, -0.15) is 0 Å². The number of halogens is 1. The molecule has 120 valence electrons. The van der Waals surface area contributed by atoms with Gasteiger partial charge in [0.1, 0.15) is 11.9 Å². The Hall–Kier alpha value is -2.81. The largest absolute Gasteiger partial charge is 0.422 e. The third-order valence-electron chi connectivity index (χ3n) is 3.43. The summed E-state index contributed by atoms with van der Waals surface area (Å²) >= 11 is 0. The zero-order valence-corrected chi connectivity index (χ0v) is 12.2. The number of likely N-dealkylation sites (N-methyl/N-ethyl adjacent to an activating group) is 1. The highest BCUT2D eigenvalue weighted by molar-refractivity contribution is 5.96. The van der Waals surface area contributed by atoms with Crippen LogP contribution < -0.4 is 0 Å². The van der Waals surface area contributed by atoms with Crippen molar-refractivity contribution in [1.82, 2.24) is 15.1 Å². The second kappa shape index (κ2) is 6.13. The van der Waals surface area contributed by atoms with Crippen molar-refractivity contribution in [2.24, 2.45) is 10.1 Å². The van der Waals surface area contributed by atoms with E-state index < -0.39 is 12.1 Å². The molecule has 1 aromatic heterocycles. The molecule has 2 atom stereocenters. The zero-order chi connectivity index (χ0) is 16.4. The minimum Gasteiger partial charge on any atom is -0.422 e. The lowest BCUT2D eigenvalue weighted by Gasteiger charge is -2.27. The van der Waals surface area contributed by atoms with E-state index in [2.05, 4.69) is 20.3 Å². The molecule has 1 aliphatic rings. The molecule has 0 amide bonds. The molecule has 2 aromatic rings. The molecule has 8 nitrogen and oxygen atoms in total. The number of oxime groups is 1. The number of aliphatic hydroxyl groups excluding tert-OH is 1. The molecule has 0 aliphatic carbocycles. The number of rotatable bonds is 3. The number of hydrogen-bond acceptors (Lipinski definition) is 7. The molecular weight excluding hydrogens is 305 g/mol. The lowest BCUT2D eigenvalue weighted by Crippen LogP contribution is -2.42. The highest BCUT2D eigenvalue weighted by atomic mass is 19.1. The molecule has 0 spiro atoms. The number of amidine groups is 1. The second-order valence-electron chi connectivity index (χ2n) is 5.06. The Morgan fingerprint density at radius 1 is 1.30 bits per heavy atom. The molecule has 0 bridgehead atoms. The molecule has 2 heterocycles. The monoisotopic (exact) mass is 319 g/mol. The number of nitrogens with zero attached hydrogens (tertiary/aromatic N) is 5. The van der Waals surface area contributed by atoms with Crippen LogP contribution in [0.1, 0.15) is 23.4 Å². The molecule has 9 heteroatoms. The van der Waals surface area contributed by atoms with Gasteiger partial charge in [0, 0.05) is 7.05 Å². The van der Waals surface area contributed by atoms with Gasteiger partial charge < -0.3 is 19.6 Å². The average molecular weight is 319 g/mol. The van der Waals surface area contributed by atoms with Crippen molar-refractivity contribution in [1.29, 1.82) is 0 Å². The Bertz CT molecular complexity index is 743. The molecule has 0 saturated carbocycles. The number of aliphatic hydroxyl groups is 1. The van der Waals surface area contributed by atoms with Gasteiger partial charge in [-0.3, -0.25) is 4.99 Å². The summed E-state index contributed by atoms with van der Waals surface area (Å²) in [6.45, 7) is 0. The van der Waals surface area contributed by atoms with Gasteiger partial charge in [-0.15, -0.1) is 10.2 Å². The first-order valence-corrected chi connectivity index (χ1v) is 6.81. The van der Waals surface area contributed by atoms with Crippen LogP contribution in [0.4, 0.5) is 4.39 Å². The molecule has 0 radical (unpaired) electrons. The van der Waals surface area contributed by atoms with E-state index in [1.807, 2.05) is 0 Å². The molecular formula is C14H14FN5O3. The van der Waals surface area contributed by atoms with Crippen LogP contribution in [0.15, 0.2) is 38.8 Å². The van der Waals surface area contributed by atoms with E-state index in [1.165, 1.54) is 23.4 Å². The van der Waals surface area contributed by atoms with Crippen molar-refractivity contribution in [3.05, 3.63) is 47.4 Å². The normalized spacial score (nSPS) is 22.7. The Morgan fingerprint density at radius 3 is 2.74 bits per heavy atom. The smallest absolute Gasteiger partial charge is 0.244 e. The fourth-order valence-corrected chi connectivity index (χ4v) is 2.23. The third kappa shape index (κ3) is 3.04. The van der Waals surface area contributed by atoms with Gasteiger partial charge in [-0.05, 0) is 17.7 Å².